The highest BCUT2D eigenvalue weighted by atomic mass is 16.6. The van der Waals surface area contributed by atoms with Crippen molar-refractivity contribution >= 4 is 35.6 Å². The monoisotopic (exact) mass is 776 g/mol. The van der Waals surface area contributed by atoms with Crippen molar-refractivity contribution in [3.05, 3.63) is 125 Å². The maximum atomic E-state index is 13.5. The normalized spacial score (nSPS) is 13.6. The molecule has 0 atom stereocenters. The molecule has 2 heterocycles. The Kier molecular flexibility index (Phi) is 15.0. The molecule has 0 unspecified atom stereocenters. The molecule has 0 saturated carbocycles. The summed E-state index contributed by atoms with van der Waals surface area (Å²) in [6.45, 7) is 4.81. The van der Waals surface area contributed by atoms with Gasteiger partial charge < -0.3 is 29.0 Å². The van der Waals surface area contributed by atoms with Gasteiger partial charge in [0, 0.05) is 54.8 Å². The number of carbonyl (C=O) groups is 5. The van der Waals surface area contributed by atoms with Crippen LogP contribution in [0.4, 0.5) is 10.5 Å². The van der Waals surface area contributed by atoms with E-state index >= 15 is 0 Å². The molecule has 0 aliphatic carbocycles. The number of allylic oxidation sites excluding steroid dienone is 8. The fraction of sp³-hybridized carbons (Fsp3) is 0.311. The van der Waals surface area contributed by atoms with E-state index in [1.54, 1.807) is 36.4 Å². The first-order chi connectivity index (χ1) is 27.6. The van der Waals surface area contributed by atoms with Crippen LogP contribution < -0.4 is 24.8 Å². The van der Waals surface area contributed by atoms with E-state index < -0.39 is 29.6 Å². The maximum absolute atomic E-state index is 13.5. The van der Waals surface area contributed by atoms with Gasteiger partial charge in [0.15, 0.2) is 5.60 Å². The Morgan fingerprint density at radius 2 is 1.28 bits per heavy atom. The van der Waals surface area contributed by atoms with Crippen LogP contribution in [-0.4, -0.2) is 43.1 Å². The van der Waals surface area contributed by atoms with Crippen LogP contribution in [0.2, 0.25) is 0 Å². The van der Waals surface area contributed by atoms with E-state index in [4.69, 9.17) is 23.7 Å². The SMILES string of the molecule is CCC/C=C/C/C=C/C/C=C/C/C=C/CCCC(=O)NCCOC(=O)Nc1ccc2c(c1)C(=O)OC21c2ccc(OC(C)=O)cc2Oc2cc(OC(C)=O)ccc21. The minimum absolute atomic E-state index is 0.0527. The van der Waals surface area contributed by atoms with Gasteiger partial charge in [0.2, 0.25) is 5.91 Å². The molecular weight excluding hydrogens is 728 g/mol. The lowest BCUT2D eigenvalue weighted by molar-refractivity contribution is -0.132. The second-order valence-electron chi connectivity index (χ2n) is 13.3. The van der Waals surface area contributed by atoms with Crippen molar-refractivity contribution in [3.63, 3.8) is 0 Å². The van der Waals surface area contributed by atoms with E-state index in [1.165, 1.54) is 38.5 Å². The summed E-state index contributed by atoms with van der Waals surface area (Å²) in [5, 5.41) is 5.38. The number of hydrogen-bond donors (Lipinski definition) is 2. The number of nitrogens with one attached hydrogen (secondary N) is 2. The molecule has 57 heavy (non-hydrogen) atoms. The molecule has 0 saturated heterocycles. The zero-order valence-electron chi connectivity index (χ0n) is 32.5. The summed E-state index contributed by atoms with van der Waals surface area (Å²) >= 11 is 0. The standard InChI is InChI=1S/C45H48N2O10/c1-4-5-6-7-8-9-10-11-12-13-14-15-16-17-18-19-42(50)46-26-27-53-44(52)47-33-20-23-37-36(28-33)43(51)57-45(37)38-24-21-34(54-31(2)48)29-40(38)56-41-30-35(55-32(3)49)22-25-39(41)45/h6-7,9-10,12-13,15-16,20-25,28-30H,4-5,8,11,14,17-19,26-27H2,1-3H3,(H,46,50)(H,47,52)/b7-6+,10-9+,13-12+,16-15+. The van der Waals surface area contributed by atoms with E-state index in [2.05, 4.69) is 66.2 Å². The van der Waals surface area contributed by atoms with Crippen LogP contribution in [0.5, 0.6) is 23.0 Å². The smallest absolute Gasteiger partial charge is 0.411 e. The van der Waals surface area contributed by atoms with Gasteiger partial charge >= 0.3 is 24.0 Å². The summed E-state index contributed by atoms with van der Waals surface area (Å²) in [4.78, 5) is 61.7. The van der Waals surface area contributed by atoms with Gasteiger partial charge in [0.1, 0.15) is 29.6 Å². The molecule has 0 aromatic heterocycles. The first-order valence-corrected chi connectivity index (χ1v) is 19.1. The van der Waals surface area contributed by atoms with Gasteiger partial charge in [-0.1, -0.05) is 68.0 Å². The van der Waals surface area contributed by atoms with Crippen LogP contribution in [0.3, 0.4) is 0 Å². The fourth-order valence-electron chi connectivity index (χ4n) is 6.40. The second-order valence-corrected chi connectivity index (χ2v) is 13.3. The summed E-state index contributed by atoms with van der Waals surface area (Å²) in [5.41, 5.74) is 0.388. The van der Waals surface area contributed by atoms with Gasteiger partial charge in [-0.15, -0.1) is 0 Å². The number of ether oxygens (including phenoxy) is 5. The van der Waals surface area contributed by atoms with Crippen molar-refractivity contribution in [1.29, 1.82) is 0 Å². The van der Waals surface area contributed by atoms with Crippen LogP contribution in [0.25, 0.3) is 0 Å². The summed E-state index contributed by atoms with van der Waals surface area (Å²) < 4.78 is 28.1. The molecule has 0 radical (unpaired) electrons. The highest BCUT2D eigenvalue weighted by molar-refractivity contribution is 5.99. The van der Waals surface area contributed by atoms with E-state index in [-0.39, 0.29) is 53.3 Å². The molecule has 0 fully saturated rings. The lowest BCUT2D eigenvalue weighted by atomic mass is 9.77. The molecular formula is C45H48N2O10. The number of unbranched alkanes of at least 4 members (excludes halogenated alkanes) is 2. The van der Waals surface area contributed by atoms with E-state index in [0.717, 1.165) is 32.1 Å². The number of amides is 2. The lowest BCUT2D eigenvalue weighted by Crippen LogP contribution is -2.33. The fourth-order valence-corrected chi connectivity index (χ4v) is 6.40. The number of benzene rings is 3. The Morgan fingerprint density at radius 3 is 1.86 bits per heavy atom. The summed E-state index contributed by atoms with van der Waals surface area (Å²) in [6, 6.07) is 14.2. The third-order valence-corrected chi connectivity index (χ3v) is 8.89. The molecule has 1 spiro atoms. The summed E-state index contributed by atoms with van der Waals surface area (Å²) in [5.74, 6) is -0.916. The topological polar surface area (TPSA) is 156 Å². The zero-order chi connectivity index (χ0) is 40.6. The Bertz CT molecular complexity index is 2010. The third kappa shape index (κ3) is 11.3. The van der Waals surface area contributed by atoms with Crippen molar-refractivity contribution in [2.24, 2.45) is 0 Å². The van der Waals surface area contributed by atoms with Gasteiger partial charge in [0.05, 0.1) is 12.1 Å². The average molecular weight is 777 g/mol. The summed E-state index contributed by atoms with van der Waals surface area (Å²) in [7, 11) is 0. The Hall–Kier alpha value is -6.43. The highest BCUT2D eigenvalue weighted by Crippen LogP contribution is 2.57. The first-order valence-electron chi connectivity index (χ1n) is 19.1. The van der Waals surface area contributed by atoms with Crippen LogP contribution >= 0.6 is 0 Å². The predicted molar refractivity (Wildman–Crippen MR) is 214 cm³/mol. The molecule has 3 aromatic rings. The molecule has 2 aliphatic rings. The lowest BCUT2D eigenvalue weighted by Gasteiger charge is -2.36. The molecule has 2 N–H and O–H groups in total. The number of carbonyl (C=O) groups excluding carboxylic acids is 5. The number of anilines is 1. The maximum Gasteiger partial charge on any atom is 0.411 e. The van der Waals surface area contributed by atoms with Crippen LogP contribution in [0.15, 0.2) is 103 Å². The second kappa shape index (κ2) is 20.5. The van der Waals surface area contributed by atoms with Gasteiger partial charge in [-0.05, 0) is 74.9 Å². The van der Waals surface area contributed by atoms with Crippen molar-refractivity contribution in [2.75, 3.05) is 18.5 Å². The molecule has 12 nitrogen and oxygen atoms in total. The Balaban J connectivity index is 1.11. The Labute approximate surface area is 332 Å². The van der Waals surface area contributed by atoms with Gasteiger partial charge in [0.25, 0.3) is 0 Å². The number of hydrogen-bond acceptors (Lipinski definition) is 10. The van der Waals surface area contributed by atoms with Gasteiger partial charge in [-0.25, -0.2) is 9.59 Å². The molecule has 5 rings (SSSR count). The van der Waals surface area contributed by atoms with Gasteiger partial charge in [-0.3, -0.25) is 19.7 Å². The average Bonchev–Trinajstić information content (AvgIpc) is 3.45. The predicted octanol–water partition coefficient (Wildman–Crippen LogP) is 9.14. The van der Waals surface area contributed by atoms with Crippen LogP contribution in [0.1, 0.15) is 99.2 Å². The summed E-state index contributed by atoms with van der Waals surface area (Å²) in [6.07, 6.45) is 23.3. The van der Waals surface area contributed by atoms with E-state index in [9.17, 15) is 24.0 Å². The molecule has 0 bridgehead atoms. The molecule has 2 amide bonds. The Morgan fingerprint density at radius 1 is 0.719 bits per heavy atom. The van der Waals surface area contributed by atoms with Crippen molar-refractivity contribution in [2.45, 2.75) is 77.7 Å². The minimum atomic E-state index is -1.48. The van der Waals surface area contributed by atoms with Gasteiger partial charge in [-0.2, -0.15) is 0 Å². The minimum Gasteiger partial charge on any atom is -0.456 e. The van der Waals surface area contributed by atoms with E-state index in [1.807, 2.05) is 0 Å². The van der Waals surface area contributed by atoms with Crippen LogP contribution in [-0.2, 0) is 29.5 Å². The third-order valence-electron chi connectivity index (χ3n) is 8.89. The molecule has 2 aliphatic heterocycles. The quantitative estimate of drug-likeness (QED) is 0.0553. The highest BCUT2D eigenvalue weighted by Gasteiger charge is 2.53. The molecule has 12 heteroatoms. The van der Waals surface area contributed by atoms with Crippen molar-refractivity contribution in [3.8, 4) is 23.0 Å². The number of rotatable bonds is 18. The molecule has 3 aromatic carbocycles. The largest absolute Gasteiger partial charge is 0.456 e. The van der Waals surface area contributed by atoms with E-state index in [0.29, 0.717) is 29.5 Å². The zero-order valence-corrected chi connectivity index (χ0v) is 32.5. The number of fused-ring (bicyclic) bond motifs is 6. The van der Waals surface area contributed by atoms with Crippen molar-refractivity contribution < 1.29 is 47.7 Å². The molecule has 298 valence electrons. The first kappa shape index (κ1) is 41.7. The number of esters is 3. The van der Waals surface area contributed by atoms with Crippen LogP contribution in [0, 0.1) is 0 Å². The van der Waals surface area contributed by atoms with Crippen molar-refractivity contribution in [1.82, 2.24) is 5.32 Å².